The smallest absolute Gasteiger partial charge is 0.335 e. The van der Waals surface area contributed by atoms with Gasteiger partial charge in [0.2, 0.25) is 0 Å². The first-order valence-electron chi connectivity index (χ1n) is 4.15. The lowest BCUT2D eigenvalue weighted by atomic mass is 9.89. The minimum Gasteiger partial charge on any atom is -0.467 e. The Hall–Kier alpha value is -1.10. The van der Waals surface area contributed by atoms with Gasteiger partial charge in [-0.3, -0.25) is 4.79 Å². The number of nitrogens with zero attached hydrogens (tertiary/aromatic N) is 1. The number of likely N-dealkylation sites (N-methyl/N-ethyl adjacent to an activating group) is 1. The molecule has 1 aliphatic rings. The van der Waals surface area contributed by atoms with E-state index in [2.05, 4.69) is 4.74 Å². The Labute approximate surface area is 76.8 Å². The summed E-state index contributed by atoms with van der Waals surface area (Å²) in [6.07, 6.45) is 1.09. The van der Waals surface area contributed by atoms with Gasteiger partial charge in [-0.1, -0.05) is 0 Å². The summed E-state index contributed by atoms with van der Waals surface area (Å²) in [5, 5.41) is 0. The third-order valence-electron chi connectivity index (χ3n) is 2.34. The molecule has 0 bridgehead atoms. The summed E-state index contributed by atoms with van der Waals surface area (Å²) in [5.41, 5.74) is 4.22. The molecule has 1 aliphatic heterocycles. The highest BCUT2D eigenvalue weighted by molar-refractivity contribution is 6.07. The molecule has 0 saturated carbocycles. The molecule has 0 aromatic rings. The maximum Gasteiger partial charge on any atom is 0.335 e. The second-order valence-electron chi connectivity index (χ2n) is 3.29. The number of hydrogen-bond acceptors (Lipinski definition) is 4. The SMILES string of the molecule is COC(=O)C1(N)CCCN(C)C1=O. The molecule has 0 aliphatic carbocycles. The second-order valence-corrected chi connectivity index (χ2v) is 3.29. The predicted molar refractivity (Wildman–Crippen MR) is 45.8 cm³/mol. The van der Waals surface area contributed by atoms with Gasteiger partial charge in [-0.05, 0) is 12.8 Å². The maximum atomic E-state index is 11.5. The van der Waals surface area contributed by atoms with E-state index in [1.54, 1.807) is 7.05 Å². The van der Waals surface area contributed by atoms with Crippen LogP contribution in [0, 0.1) is 0 Å². The van der Waals surface area contributed by atoms with Crippen molar-refractivity contribution in [2.75, 3.05) is 20.7 Å². The van der Waals surface area contributed by atoms with Crippen molar-refractivity contribution in [1.29, 1.82) is 0 Å². The molecule has 1 saturated heterocycles. The first-order chi connectivity index (χ1) is 6.02. The Morgan fingerprint density at radius 1 is 1.69 bits per heavy atom. The van der Waals surface area contributed by atoms with Crippen LogP contribution in [0.2, 0.25) is 0 Å². The van der Waals surface area contributed by atoms with E-state index in [9.17, 15) is 9.59 Å². The largest absolute Gasteiger partial charge is 0.467 e. The number of carbonyl (C=O) groups excluding carboxylic acids is 2. The summed E-state index contributed by atoms with van der Waals surface area (Å²) in [6.45, 7) is 0.648. The van der Waals surface area contributed by atoms with Gasteiger partial charge in [0.05, 0.1) is 7.11 Å². The standard InChI is InChI=1S/C8H14N2O3/c1-10-5-3-4-8(9,6(10)11)7(12)13-2/h3-5,9H2,1-2H3. The minimum absolute atomic E-state index is 0.356. The van der Waals surface area contributed by atoms with Crippen LogP contribution in [0.1, 0.15) is 12.8 Å². The van der Waals surface area contributed by atoms with Crippen LogP contribution >= 0.6 is 0 Å². The van der Waals surface area contributed by atoms with E-state index in [0.717, 1.165) is 6.42 Å². The van der Waals surface area contributed by atoms with Gasteiger partial charge in [0.1, 0.15) is 0 Å². The van der Waals surface area contributed by atoms with Crippen molar-refractivity contribution >= 4 is 11.9 Å². The number of carbonyl (C=O) groups is 2. The number of likely N-dealkylation sites (tertiary alicyclic amines) is 1. The molecule has 1 rings (SSSR count). The van der Waals surface area contributed by atoms with Gasteiger partial charge in [-0.25, -0.2) is 4.79 Å². The molecule has 2 N–H and O–H groups in total. The fourth-order valence-corrected chi connectivity index (χ4v) is 1.52. The summed E-state index contributed by atoms with van der Waals surface area (Å²) in [4.78, 5) is 24.3. The molecule has 0 aromatic heterocycles. The van der Waals surface area contributed by atoms with Gasteiger partial charge in [0, 0.05) is 13.6 Å². The number of rotatable bonds is 1. The summed E-state index contributed by atoms with van der Waals surface area (Å²) in [7, 11) is 2.87. The highest BCUT2D eigenvalue weighted by Gasteiger charge is 2.46. The summed E-state index contributed by atoms with van der Waals surface area (Å²) < 4.78 is 4.50. The van der Waals surface area contributed by atoms with E-state index < -0.39 is 11.5 Å². The van der Waals surface area contributed by atoms with Crippen LogP contribution in [0.3, 0.4) is 0 Å². The van der Waals surface area contributed by atoms with Crippen LogP contribution in [-0.4, -0.2) is 43.0 Å². The average Bonchev–Trinajstić information content (AvgIpc) is 2.13. The van der Waals surface area contributed by atoms with Crippen LogP contribution < -0.4 is 5.73 Å². The van der Waals surface area contributed by atoms with E-state index in [1.807, 2.05) is 0 Å². The van der Waals surface area contributed by atoms with E-state index in [1.165, 1.54) is 12.0 Å². The Kier molecular flexibility index (Phi) is 2.56. The van der Waals surface area contributed by atoms with Crippen molar-refractivity contribution in [3.05, 3.63) is 0 Å². The van der Waals surface area contributed by atoms with Gasteiger partial charge in [-0.2, -0.15) is 0 Å². The van der Waals surface area contributed by atoms with E-state index >= 15 is 0 Å². The second kappa shape index (κ2) is 3.33. The molecule has 0 aromatic carbocycles. The molecule has 5 heteroatoms. The summed E-state index contributed by atoms with van der Waals surface area (Å²) >= 11 is 0. The lowest BCUT2D eigenvalue weighted by Gasteiger charge is -2.34. The first kappa shape index (κ1) is 9.98. The normalized spacial score (nSPS) is 28.8. The van der Waals surface area contributed by atoms with Crippen molar-refractivity contribution in [3.8, 4) is 0 Å². The molecule has 1 fully saturated rings. The molecule has 5 nitrogen and oxygen atoms in total. The zero-order chi connectivity index (χ0) is 10.1. The molecule has 74 valence electrons. The van der Waals surface area contributed by atoms with Crippen LogP contribution in [0.5, 0.6) is 0 Å². The number of piperidine rings is 1. The van der Waals surface area contributed by atoms with Gasteiger partial charge in [0.15, 0.2) is 5.54 Å². The Morgan fingerprint density at radius 2 is 2.31 bits per heavy atom. The number of esters is 1. The zero-order valence-electron chi connectivity index (χ0n) is 7.87. The highest BCUT2D eigenvalue weighted by atomic mass is 16.5. The average molecular weight is 186 g/mol. The number of nitrogens with two attached hydrogens (primary N) is 1. The fraction of sp³-hybridized carbons (Fsp3) is 0.750. The van der Waals surface area contributed by atoms with Crippen molar-refractivity contribution < 1.29 is 14.3 Å². The van der Waals surface area contributed by atoms with Crippen molar-refractivity contribution in [2.24, 2.45) is 5.73 Å². The highest BCUT2D eigenvalue weighted by Crippen LogP contribution is 2.20. The minimum atomic E-state index is -1.46. The monoisotopic (exact) mass is 186 g/mol. The van der Waals surface area contributed by atoms with Crippen LogP contribution in [0.25, 0.3) is 0 Å². The Bertz CT molecular complexity index is 242. The molecule has 0 radical (unpaired) electrons. The lowest BCUT2D eigenvalue weighted by molar-refractivity contribution is -0.157. The third kappa shape index (κ3) is 1.51. The van der Waals surface area contributed by atoms with Gasteiger partial charge in [-0.15, -0.1) is 0 Å². The molecule has 1 unspecified atom stereocenters. The van der Waals surface area contributed by atoms with E-state index in [-0.39, 0.29) is 5.91 Å². The molecule has 1 heterocycles. The number of methoxy groups -OCH3 is 1. The van der Waals surface area contributed by atoms with Gasteiger partial charge < -0.3 is 15.4 Å². The molecule has 13 heavy (non-hydrogen) atoms. The predicted octanol–water partition coefficient (Wildman–Crippen LogP) is -0.891. The summed E-state index contributed by atoms with van der Waals surface area (Å²) in [6, 6.07) is 0. The van der Waals surface area contributed by atoms with Crippen molar-refractivity contribution in [1.82, 2.24) is 4.90 Å². The van der Waals surface area contributed by atoms with Crippen LogP contribution in [0.15, 0.2) is 0 Å². The zero-order valence-corrected chi connectivity index (χ0v) is 7.87. The number of ether oxygens (including phenoxy) is 1. The van der Waals surface area contributed by atoms with E-state index in [4.69, 9.17) is 5.73 Å². The number of hydrogen-bond donors (Lipinski definition) is 1. The Balaban J connectivity index is 2.87. The third-order valence-corrected chi connectivity index (χ3v) is 2.34. The topological polar surface area (TPSA) is 72.6 Å². The number of amides is 1. The Morgan fingerprint density at radius 3 is 2.85 bits per heavy atom. The fourth-order valence-electron chi connectivity index (χ4n) is 1.52. The molecular formula is C8H14N2O3. The van der Waals surface area contributed by atoms with Crippen LogP contribution in [0.4, 0.5) is 0 Å². The van der Waals surface area contributed by atoms with Crippen molar-refractivity contribution in [3.63, 3.8) is 0 Å². The lowest BCUT2D eigenvalue weighted by Crippen LogP contribution is -2.63. The van der Waals surface area contributed by atoms with Gasteiger partial charge >= 0.3 is 5.97 Å². The molecule has 1 atom stereocenters. The quantitative estimate of drug-likeness (QED) is 0.426. The molecular weight excluding hydrogens is 172 g/mol. The van der Waals surface area contributed by atoms with Gasteiger partial charge in [0.25, 0.3) is 5.91 Å². The maximum absolute atomic E-state index is 11.5. The molecule has 1 amide bonds. The van der Waals surface area contributed by atoms with Crippen molar-refractivity contribution in [2.45, 2.75) is 18.4 Å². The first-order valence-corrected chi connectivity index (χ1v) is 4.15. The van der Waals surface area contributed by atoms with Crippen LogP contribution in [-0.2, 0) is 14.3 Å². The summed E-state index contributed by atoms with van der Waals surface area (Å²) in [5.74, 6) is -1.00. The molecule has 0 spiro atoms. The van der Waals surface area contributed by atoms with E-state index in [0.29, 0.717) is 13.0 Å².